The zero-order valence-corrected chi connectivity index (χ0v) is 20.8. The predicted octanol–water partition coefficient (Wildman–Crippen LogP) is 1.63. The molecule has 2 rings (SSSR count). The van der Waals surface area contributed by atoms with Gasteiger partial charge < -0.3 is 25.0 Å². The molecule has 2 saturated heterocycles. The van der Waals surface area contributed by atoms with E-state index in [-0.39, 0.29) is 29.5 Å². The zero-order chi connectivity index (χ0) is 19.7. The van der Waals surface area contributed by atoms with E-state index < -0.39 is 0 Å². The fourth-order valence-electron chi connectivity index (χ4n) is 3.96. The van der Waals surface area contributed by atoms with Gasteiger partial charge in [-0.05, 0) is 39.8 Å². The molecule has 1 unspecified atom stereocenters. The minimum atomic E-state index is 0. The highest BCUT2D eigenvalue weighted by Crippen LogP contribution is 2.26. The number of halogens is 1. The van der Waals surface area contributed by atoms with Crippen LogP contribution >= 0.6 is 24.0 Å². The third kappa shape index (κ3) is 7.59. The Labute approximate surface area is 189 Å². The van der Waals surface area contributed by atoms with Crippen LogP contribution in [-0.4, -0.2) is 101 Å². The van der Waals surface area contributed by atoms with Crippen LogP contribution in [0.1, 0.15) is 33.6 Å². The van der Waals surface area contributed by atoms with Crippen LogP contribution in [0.3, 0.4) is 0 Å². The number of rotatable bonds is 8. The van der Waals surface area contributed by atoms with Gasteiger partial charge in [-0.3, -0.25) is 9.89 Å². The van der Waals surface area contributed by atoms with Crippen molar-refractivity contribution in [2.45, 2.75) is 45.2 Å². The van der Waals surface area contributed by atoms with Gasteiger partial charge in [-0.15, -0.1) is 24.0 Å². The predicted molar refractivity (Wildman–Crippen MR) is 127 cm³/mol. The van der Waals surface area contributed by atoms with Gasteiger partial charge in [0.15, 0.2) is 5.96 Å². The lowest BCUT2D eigenvalue weighted by Crippen LogP contribution is -2.54. The molecule has 0 radical (unpaired) electrons. The molecule has 0 saturated carbocycles. The Morgan fingerprint density at radius 3 is 2.21 bits per heavy atom. The lowest BCUT2D eigenvalue weighted by atomic mass is 9.89. The molecule has 0 aliphatic carbocycles. The number of hydrogen-bond donors (Lipinski definition) is 2. The fraction of sp³-hybridized carbons (Fsp3) is 0.950. The van der Waals surface area contributed by atoms with Crippen LogP contribution in [0.15, 0.2) is 4.99 Å². The molecule has 2 heterocycles. The quantitative estimate of drug-likeness (QED) is 0.294. The van der Waals surface area contributed by atoms with E-state index in [9.17, 15) is 0 Å². The monoisotopic (exact) mass is 511 g/mol. The smallest absolute Gasteiger partial charge is 0.191 e. The van der Waals surface area contributed by atoms with E-state index in [2.05, 4.69) is 55.3 Å². The summed E-state index contributed by atoms with van der Waals surface area (Å²) in [5, 5.41) is 7.02. The van der Waals surface area contributed by atoms with Gasteiger partial charge in [-0.2, -0.15) is 0 Å². The second-order valence-electron chi connectivity index (χ2n) is 8.27. The fourth-order valence-corrected chi connectivity index (χ4v) is 3.96. The summed E-state index contributed by atoms with van der Waals surface area (Å²) >= 11 is 0. The first-order valence-electron chi connectivity index (χ1n) is 10.6. The van der Waals surface area contributed by atoms with Crippen molar-refractivity contribution in [1.29, 1.82) is 0 Å². The van der Waals surface area contributed by atoms with Crippen molar-refractivity contribution in [1.82, 2.24) is 20.4 Å². The Morgan fingerprint density at radius 1 is 1.07 bits per heavy atom. The van der Waals surface area contributed by atoms with Gasteiger partial charge in [0.1, 0.15) is 0 Å². The molecule has 2 aliphatic rings. The molecule has 0 aromatic heterocycles. The Morgan fingerprint density at radius 2 is 1.68 bits per heavy atom. The molecule has 8 heteroatoms. The van der Waals surface area contributed by atoms with Crippen LogP contribution in [0.4, 0.5) is 0 Å². The molecule has 0 aromatic carbocycles. The summed E-state index contributed by atoms with van der Waals surface area (Å²) in [6.07, 6.45) is 2.07. The highest BCUT2D eigenvalue weighted by atomic mass is 127. The van der Waals surface area contributed by atoms with Crippen LogP contribution in [0, 0.1) is 5.92 Å². The Bertz CT molecular complexity index is 450. The summed E-state index contributed by atoms with van der Waals surface area (Å²) < 4.78 is 11.1. The first kappa shape index (κ1) is 25.9. The van der Waals surface area contributed by atoms with E-state index in [1.54, 1.807) is 0 Å². The van der Waals surface area contributed by atoms with Crippen LogP contribution < -0.4 is 10.6 Å². The molecule has 7 nitrogen and oxygen atoms in total. The van der Waals surface area contributed by atoms with Crippen molar-refractivity contribution >= 4 is 29.9 Å². The molecule has 28 heavy (non-hydrogen) atoms. The molecule has 0 aromatic rings. The average Bonchev–Trinajstić information content (AvgIpc) is 2.67. The topological polar surface area (TPSA) is 61.4 Å². The van der Waals surface area contributed by atoms with E-state index in [4.69, 9.17) is 14.5 Å². The van der Waals surface area contributed by atoms with Crippen LogP contribution in [0.25, 0.3) is 0 Å². The summed E-state index contributed by atoms with van der Waals surface area (Å²) in [6, 6.07) is 0.489. The van der Waals surface area contributed by atoms with Crippen molar-refractivity contribution < 1.29 is 9.47 Å². The maximum atomic E-state index is 5.58. The maximum Gasteiger partial charge on any atom is 0.191 e. The molecule has 1 atom stereocenters. The molecule has 2 fully saturated rings. The van der Waals surface area contributed by atoms with Crippen molar-refractivity contribution in [3.63, 3.8) is 0 Å². The van der Waals surface area contributed by atoms with Crippen molar-refractivity contribution in [3.8, 4) is 0 Å². The summed E-state index contributed by atoms with van der Waals surface area (Å²) in [5.41, 5.74) is 0.0995. The first-order valence-corrected chi connectivity index (χ1v) is 10.6. The van der Waals surface area contributed by atoms with E-state index in [1.165, 1.54) is 0 Å². The molecule has 0 spiro atoms. The van der Waals surface area contributed by atoms with Crippen LogP contribution in [0.5, 0.6) is 0 Å². The maximum absolute atomic E-state index is 5.58. The Balaban J connectivity index is 0.00000392. The highest BCUT2D eigenvalue weighted by Gasteiger charge is 2.34. The molecular formula is C20H42IN5O2. The number of ether oxygens (including phenoxy) is 2. The number of guanidine groups is 1. The highest BCUT2D eigenvalue weighted by molar-refractivity contribution is 14.0. The zero-order valence-electron chi connectivity index (χ0n) is 18.5. The number of aliphatic imine (C=N–C) groups is 1. The van der Waals surface area contributed by atoms with E-state index >= 15 is 0 Å². The van der Waals surface area contributed by atoms with Gasteiger partial charge in [0.2, 0.25) is 0 Å². The lowest BCUT2D eigenvalue weighted by molar-refractivity contribution is -0.00261. The summed E-state index contributed by atoms with van der Waals surface area (Å²) in [6.45, 7) is 14.6. The molecular weight excluding hydrogens is 469 g/mol. The molecule has 0 amide bonds. The van der Waals surface area contributed by atoms with E-state index in [0.29, 0.717) is 12.0 Å². The van der Waals surface area contributed by atoms with Crippen LogP contribution in [-0.2, 0) is 9.47 Å². The standard InChI is InChI=1S/C20H41N5O2.HI/c1-6-21-19(23-16-20(24(4)5)7-11-26-12-8-20)22-15-18(17(2)3)25-9-13-27-14-10-25;/h17-18H,6-16H2,1-5H3,(H2,21,22,23);1H. The summed E-state index contributed by atoms with van der Waals surface area (Å²) in [5.74, 6) is 1.51. The third-order valence-electron chi connectivity index (χ3n) is 6.01. The lowest BCUT2D eigenvalue weighted by Gasteiger charge is -2.42. The Hall–Kier alpha value is -0.160. The second-order valence-corrected chi connectivity index (χ2v) is 8.27. The van der Waals surface area contributed by atoms with Gasteiger partial charge in [0.25, 0.3) is 0 Å². The SMILES string of the molecule is CCNC(=NCC1(N(C)C)CCOCC1)NCC(C(C)C)N1CCOCC1.I. The molecule has 166 valence electrons. The minimum absolute atomic E-state index is 0. The van der Waals surface area contributed by atoms with Crippen LogP contribution in [0.2, 0.25) is 0 Å². The number of hydrogen-bond acceptors (Lipinski definition) is 5. The largest absolute Gasteiger partial charge is 0.381 e. The van der Waals surface area contributed by atoms with Gasteiger partial charge >= 0.3 is 0 Å². The minimum Gasteiger partial charge on any atom is -0.381 e. The van der Waals surface area contributed by atoms with Crippen molar-refractivity contribution in [3.05, 3.63) is 0 Å². The van der Waals surface area contributed by atoms with Gasteiger partial charge in [0, 0.05) is 51.0 Å². The van der Waals surface area contributed by atoms with Gasteiger partial charge in [0.05, 0.1) is 19.8 Å². The van der Waals surface area contributed by atoms with Crippen molar-refractivity contribution in [2.75, 3.05) is 73.2 Å². The van der Waals surface area contributed by atoms with Crippen molar-refractivity contribution in [2.24, 2.45) is 10.9 Å². The second kappa shape index (κ2) is 13.2. The number of nitrogens with one attached hydrogen (secondary N) is 2. The molecule has 2 N–H and O–H groups in total. The van der Waals surface area contributed by atoms with Gasteiger partial charge in [-0.25, -0.2) is 0 Å². The van der Waals surface area contributed by atoms with Gasteiger partial charge in [-0.1, -0.05) is 13.8 Å². The van der Waals surface area contributed by atoms with E-state index in [0.717, 1.165) is 78.0 Å². The summed E-state index contributed by atoms with van der Waals surface area (Å²) in [7, 11) is 4.32. The number of likely N-dealkylation sites (N-methyl/N-ethyl adjacent to an activating group) is 1. The average molecular weight is 511 g/mol. The Kier molecular flexibility index (Phi) is 12.2. The molecule has 0 bridgehead atoms. The normalized spacial score (nSPS) is 22.0. The van der Waals surface area contributed by atoms with E-state index in [1.807, 2.05) is 0 Å². The third-order valence-corrected chi connectivity index (χ3v) is 6.01. The number of morpholine rings is 1. The first-order chi connectivity index (χ1) is 13.0. The summed E-state index contributed by atoms with van der Waals surface area (Å²) in [4.78, 5) is 9.83. The molecule has 2 aliphatic heterocycles. The number of nitrogens with zero attached hydrogens (tertiary/aromatic N) is 3.